The zero-order chi connectivity index (χ0) is 25.4. The number of amides is 1. The van der Waals surface area contributed by atoms with Gasteiger partial charge in [-0.2, -0.15) is 0 Å². The standard InChI is InChI=1S/C29H33F2N3O2/c1-3-33-15-7-12-22(33)17-34-18(2)25(23-13-6-14-24(31)26(23)29(34)36)28(35)32-27(19-8-4-9-19)20-10-5-11-21(30)16-20/h5-6,10-11,13-14,16,19,22,27H,3-4,7-9,12,15,17H2,1-2H3,(H,32,35)/t22-,27-/m0/s1. The Morgan fingerprint density at radius 2 is 1.89 bits per heavy atom. The van der Waals surface area contributed by atoms with Crippen LogP contribution in [-0.4, -0.2) is 34.5 Å². The van der Waals surface area contributed by atoms with Gasteiger partial charge in [-0.15, -0.1) is 0 Å². The largest absolute Gasteiger partial charge is 0.345 e. The summed E-state index contributed by atoms with van der Waals surface area (Å²) in [5, 5.41) is 3.40. The van der Waals surface area contributed by atoms with Gasteiger partial charge in [0.1, 0.15) is 11.6 Å². The zero-order valence-electron chi connectivity index (χ0n) is 20.9. The van der Waals surface area contributed by atoms with E-state index in [0.29, 0.717) is 23.2 Å². The maximum atomic E-state index is 15.0. The summed E-state index contributed by atoms with van der Waals surface area (Å²) in [7, 11) is 0. The number of aromatic nitrogens is 1. The normalized spacial score (nSPS) is 19.4. The van der Waals surface area contributed by atoms with Crippen molar-refractivity contribution in [1.82, 2.24) is 14.8 Å². The molecule has 5 nitrogen and oxygen atoms in total. The summed E-state index contributed by atoms with van der Waals surface area (Å²) in [4.78, 5) is 29.7. The fourth-order valence-electron chi connectivity index (χ4n) is 5.96. The van der Waals surface area contributed by atoms with Crippen LogP contribution in [0.2, 0.25) is 0 Å². The summed E-state index contributed by atoms with van der Waals surface area (Å²) in [6.45, 7) is 6.14. The lowest BCUT2D eigenvalue weighted by molar-refractivity contribution is 0.0900. The lowest BCUT2D eigenvalue weighted by atomic mass is 9.77. The number of hydrogen-bond donors (Lipinski definition) is 1. The Morgan fingerprint density at radius 1 is 1.11 bits per heavy atom. The molecule has 2 fully saturated rings. The maximum absolute atomic E-state index is 15.0. The van der Waals surface area contributed by atoms with E-state index in [1.54, 1.807) is 23.6 Å². The molecule has 0 bridgehead atoms. The predicted octanol–water partition coefficient (Wildman–Crippen LogP) is 5.34. The Morgan fingerprint density at radius 3 is 2.58 bits per heavy atom. The second-order valence-corrected chi connectivity index (χ2v) is 10.2. The number of fused-ring (bicyclic) bond motifs is 1. The number of carbonyl (C=O) groups is 1. The highest BCUT2D eigenvalue weighted by molar-refractivity contribution is 6.08. The van der Waals surface area contributed by atoms with Crippen molar-refractivity contribution in [3.63, 3.8) is 0 Å². The van der Waals surface area contributed by atoms with Crippen LogP contribution in [0.15, 0.2) is 47.3 Å². The zero-order valence-corrected chi connectivity index (χ0v) is 20.9. The third kappa shape index (κ3) is 4.45. The molecule has 5 rings (SSSR count). The molecular weight excluding hydrogens is 460 g/mol. The van der Waals surface area contributed by atoms with E-state index in [9.17, 15) is 14.0 Å². The second-order valence-electron chi connectivity index (χ2n) is 10.2. The SMILES string of the molecule is CCN1CCC[C@H]1Cn1c(C)c(C(=O)N[C@H](c2cccc(F)c2)C2CCC2)c2cccc(F)c2c1=O. The fraction of sp³-hybridized carbons (Fsp3) is 0.448. The van der Waals surface area contributed by atoms with E-state index >= 15 is 4.39 Å². The number of carbonyl (C=O) groups excluding carboxylic acids is 1. The molecule has 0 radical (unpaired) electrons. The van der Waals surface area contributed by atoms with Gasteiger partial charge < -0.3 is 9.88 Å². The van der Waals surface area contributed by atoms with Crippen molar-refractivity contribution in [2.24, 2.45) is 5.92 Å². The molecule has 36 heavy (non-hydrogen) atoms. The summed E-state index contributed by atoms with van der Waals surface area (Å²) < 4.78 is 30.7. The number of nitrogens with zero attached hydrogens (tertiary/aromatic N) is 2. The smallest absolute Gasteiger partial charge is 0.261 e. The van der Waals surface area contributed by atoms with Crippen LogP contribution in [0.3, 0.4) is 0 Å². The van der Waals surface area contributed by atoms with Gasteiger partial charge in [-0.3, -0.25) is 14.5 Å². The van der Waals surface area contributed by atoms with Crippen LogP contribution >= 0.6 is 0 Å². The number of rotatable bonds is 7. The monoisotopic (exact) mass is 493 g/mol. The number of nitrogens with one attached hydrogen (secondary N) is 1. The highest BCUT2D eigenvalue weighted by Crippen LogP contribution is 2.38. The third-order valence-corrected chi connectivity index (χ3v) is 8.15. The molecule has 2 aromatic carbocycles. The number of likely N-dealkylation sites (N-methyl/N-ethyl adjacent to an activating group) is 1. The van der Waals surface area contributed by atoms with Crippen molar-refractivity contribution in [2.75, 3.05) is 13.1 Å². The van der Waals surface area contributed by atoms with E-state index in [-0.39, 0.29) is 35.1 Å². The molecule has 1 aromatic heterocycles. The minimum Gasteiger partial charge on any atom is -0.345 e. The molecule has 1 saturated heterocycles. The highest BCUT2D eigenvalue weighted by Gasteiger charge is 2.32. The van der Waals surface area contributed by atoms with Crippen LogP contribution < -0.4 is 10.9 Å². The number of pyridine rings is 1. The van der Waals surface area contributed by atoms with E-state index in [0.717, 1.165) is 50.8 Å². The van der Waals surface area contributed by atoms with Crippen LogP contribution in [0.4, 0.5) is 8.78 Å². The maximum Gasteiger partial charge on any atom is 0.261 e. The van der Waals surface area contributed by atoms with Crippen molar-refractivity contribution >= 4 is 16.7 Å². The first kappa shape index (κ1) is 24.6. The van der Waals surface area contributed by atoms with Gasteiger partial charge in [-0.05, 0) is 75.4 Å². The molecule has 190 valence electrons. The molecule has 2 heterocycles. The quantitative estimate of drug-likeness (QED) is 0.483. The Bertz CT molecular complexity index is 1350. The van der Waals surface area contributed by atoms with Crippen molar-refractivity contribution in [1.29, 1.82) is 0 Å². The molecule has 0 unspecified atom stereocenters. The minimum absolute atomic E-state index is 0.0553. The van der Waals surface area contributed by atoms with Crippen LogP contribution in [0.5, 0.6) is 0 Å². The van der Waals surface area contributed by atoms with Crippen LogP contribution in [0, 0.1) is 24.5 Å². The Labute approximate surface area is 210 Å². The van der Waals surface area contributed by atoms with Gasteiger partial charge in [-0.1, -0.05) is 37.6 Å². The van der Waals surface area contributed by atoms with E-state index in [2.05, 4.69) is 17.1 Å². The topological polar surface area (TPSA) is 54.3 Å². The molecule has 1 amide bonds. The summed E-state index contributed by atoms with van der Waals surface area (Å²) >= 11 is 0. The van der Waals surface area contributed by atoms with Gasteiger partial charge in [0.15, 0.2) is 0 Å². The Hall–Kier alpha value is -3.06. The molecular formula is C29H33F2N3O2. The van der Waals surface area contributed by atoms with Crippen molar-refractivity contribution in [3.05, 3.63) is 81.3 Å². The van der Waals surface area contributed by atoms with Crippen molar-refractivity contribution in [3.8, 4) is 0 Å². The molecule has 7 heteroatoms. The number of hydrogen-bond acceptors (Lipinski definition) is 3. The first-order chi connectivity index (χ1) is 17.4. The number of halogens is 2. The van der Waals surface area contributed by atoms with E-state index in [1.807, 2.05) is 6.07 Å². The van der Waals surface area contributed by atoms with E-state index in [1.165, 1.54) is 24.3 Å². The fourth-order valence-corrected chi connectivity index (χ4v) is 5.96. The lowest BCUT2D eigenvalue weighted by Crippen LogP contribution is -2.40. The van der Waals surface area contributed by atoms with E-state index < -0.39 is 11.4 Å². The molecule has 2 atom stereocenters. The molecule has 3 aromatic rings. The molecule has 1 saturated carbocycles. The summed E-state index contributed by atoms with van der Waals surface area (Å²) in [5.74, 6) is -1.13. The molecule has 0 spiro atoms. The van der Waals surface area contributed by atoms with Gasteiger partial charge in [0, 0.05) is 23.7 Å². The van der Waals surface area contributed by atoms with Crippen LogP contribution in [0.25, 0.3) is 10.8 Å². The molecule has 2 aliphatic rings. The lowest BCUT2D eigenvalue weighted by Gasteiger charge is -2.35. The highest BCUT2D eigenvalue weighted by atomic mass is 19.1. The van der Waals surface area contributed by atoms with Gasteiger partial charge in [0.05, 0.1) is 17.0 Å². The van der Waals surface area contributed by atoms with Crippen molar-refractivity contribution in [2.45, 2.75) is 64.6 Å². The summed E-state index contributed by atoms with van der Waals surface area (Å²) in [6, 6.07) is 10.6. The van der Waals surface area contributed by atoms with E-state index in [4.69, 9.17) is 0 Å². The first-order valence-corrected chi connectivity index (χ1v) is 13.0. The average molecular weight is 494 g/mol. The van der Waals surface area contributed by atoms with Crippen molar-refractivity contribution < 1.29 is 13.6 Å². The summed E-state index contributed by atoms with van der Waals surface area (Å²) in [6.07, 6.45) is 4.98. The Balaban J connectivity index is 1.59. The third-order valence-electron chi connectivity index (χ3n) is 8.15. The van der Waals surface area contributed by atoms with Gasteiger partial charge in [0.2, 0.25) is 0 Å². The number of likely N-dealkylation sites (tertiary alicyclic amines) is 1. The first-order valence-electron chi connectivity index (χ1n) is 13.0. The van der Waals surface area contributed by atoms with Crippen LogP contribution in [0.1, 0.15) is 66.7 Å². The summed E-state index contributed by atoms with van der Waals surface area (Å²) in [5.41, 5.74) is 1.16. The number of benzene rings is 2. The second kappa shape index (κ2) is 10.1. The van der Waals surface area contributed by atoms with Gasteiger partial charge >= 0.3 is 0 Å². The molecule has 1 N–H and O–H groups in total. The predicted molar refractivity (Wildman–Crippen MR) is 137 cm³/mol. The van der Waals surface area contributed by atoms with Gasteiger partial charge in [0.25, 0.3) is 11.5 Å². The average Bonchev–Trinajstić information content (AvgIpc) is 3.27. The minimum atomic E-state index is -0.625. The molecule has 1 aliphatic heterocycles. The molecule has 1 aliphatic carbocycles. The Kier molecular flexibility index (Phi) is 6.93. The van der Waals surface area contributed by atoms with Crippen LogP contribution in [-0.2, 0) is 6.54 Å². The van der Waals surface area contributed by atoms with Gasteiger partial charge in [-0.25, -0.2) is 8.78 Å².